The number of hydrogen-bond acceptors (Lipinski definition) is 5. The summed E-state index contributed by atoms with van der Waals surface area (Å²) in [6, 6.07) is 7.27. The third kappa shape index (κ3) is 5.48. The molecule has 0 saturated heterocycles. The number of ether oxygens (including phenoxy) is 2. The van der Waals surface area contributed by atoms with Crippen molar-refractivity contribution < 1.29 is 22.6 Å². The minimum atomic E-state index is -4.57. The first-order valence-electron chi connectivity index (χ1n) is 8.98. The normalized spacial score (nSPS) is 11.3. The number of nitrogens with zero attached hydrogens (tertiary/aromatic N) is 3. The first kappa shape index (κ1) is 20.8. The van der Waals surface area contributed by atoms with Crippen LogP contribution in [0.3, 0.4) is 0 Å². The van der Waals surface area contributed by atoms with Gasteiger partial charge in [-0.3, -0.25) is 0 Å². The Morgan fingerprint density at radius 1 is 0.963 bits per heavy atom. The molecular formula is C19H24F3N3O2. The van der Waals surface area contributed by atoms with Crippen LogP contribution in [0.4, 0.5) is 24.8 Å². The average molecular weight is 383 g/mol. The lowest BCUT2D eigenvalue weighted by Crippen LogP contribution is -2.21. The van der Waals surface area contributed by atoms with E-state index in [-0.39, 0.29) is 12.6 Å². The smallest absolute Gasteiger partial charge is 0.423 e. The molecule has 0 N–H and O–H groups in total. The maximum Gasteiger partial charge on any atom is 0.423 e. The zero-order valence-corrected chi connectivity index (χ0v) is 15.7. The fraction of sp³-hybridized carbons (Fsp3) is 0.474. The zero-order valence-electron chi connectivity index (χ0n) is 15.7. The summed E-state index contributed by atoms with van der Waals surface area (Å²) in [5.41, 5.74) is -0.221. The Labute approximate surface area is 157 Å². The van der Waals surface area contributed by atoms with Crippen molar-refractivity contribution in [1.82, 2.24) is 9.97 Å². The van der Waals surface area contributed by atoms with E-state index in [1.165, 1.54) is 0 Å². The molecule has 0 aliphatic rings. The molecular weight excluding hydrogens is 359 g/mol. The molecule has 2 rings (SSSR count). The van der Waals surface area contributed by atoms with Crippen LogP contribution in [0.25, 0.3) is 0 Å². The Morgan fingerprint density at radius 2 is 1.59 bits per heavy atom. The van der Waals surface area contributed by atoms with Gasteiger partial charge < -0.3 is 14.4 Å². The predicted molar refractivity (Wildman–Crippen MR) is 97.7 cm³/mol. The zero-order chi connectivity index (χ0) is 19.9. The summed E-state index contributed by atoms with van der Waals surface area (Å²) in [4.78, 5) is 9.67. The summed E-state index contributed by atoms with van der Waals surface area (Å²) < 4.78 is 50.3. The summed E-state index contributed by atoms with van der Waals surface area (Å²) >= 11 is 0. The van der Waals surface area contributed by atoms with Crippen molar-refractivity contribution in [3.63, 3.8) is 0 Å². The van der Waals surface area contributed by atoms with Crippen molar-refractivity contribution >= 4 is 11.6 Å². The van der Waals surface area contributed by atoms with E-state index >= 15 is 0 Å². The van der Waals surface area contributed by atoms with E-state index in [1.54, 1.807) is 4.90 Å². The van der Waals surface area contributed by atoms with Gasteiger partial charge in [0.1, 0.15) is 11.3 Å². The summed E-state index contributed by atoms with van der Waals surface area (Å²) in [5, 5.41) is 0. The molecule has 0 fully saturated rings. The first-order chi connectivity index (χ1) is 12.9. The van der Waals surface area contributed by atoms with E-state index in [0.29, 0.717) is 19.6 Å². The van der Waals surface area contributed by atoms with Gasteiger partial charge in [0.15, 0.2) is 0 Å². The van der Waals surface area contributed by atoms with Gasteiger partial charge in [-0.25, -0.2) is 4.98 Å². The molecule has 2 aromatic rings. The van der Waals surface area contributed by atoms with Crippen molar-refractivity contribution in [1.29, 1.82) is 0 Å². The lowest BCUT2D eigenvalue weighted by Gasteiger charge is -2.22. The maximum absolute atomic E-state index is 13.2. The van der Waals surface area contributed by atoms with Crippen molar-refractivity contribution in [2.75, 3.05) is 24.7 Å². The molecule has 1 heterocycles. The minimum Gasteiger partial charge on any atom is -0.494 e. The first-order valence-corrected chi connectivity index (χ1v) is 8.98. The molecule has 0 aliphatic heterocycles. The lowest BCUT2D eigenvalue weighted by molar-refractivity contribution is -0.139. The molecule has 0 bridgehead atoms. The van der Waals surface area contributed by atoms with Gasteiger partial charge in [-0.1, -0.05) is 13.8 Å². The Balaban J connectivity index is 2.32. The SMILES string of the molecule is CCCOc1ccc(N(CC)c2ncc(C(F)(F)F)c(OCCC)n2)cc1. The molecule has 0 spiro atoms. The van der Waals surface area contributed by atoms with Crippen LogP contribution < -0.4 is 14.4 Å². The Morgan fingerprint density at radius 3 is 2.15 bits per heavy atom. The number of aromatic nitrogens is 2. The molecule has 1 aromatic carbocycles. The highest BCUT2D eigenvalue weighted by Crippen LogP contribution is 2.36. The van der Waals surface area contributed by atoms with Crippen LogP contribution >= 0.6 is 0 Å². The quantitative estimate of drug-likeness (QED) is 0.593. The highest BCUT2D eigenvalue weighted by Gasteiger charge is 2.36. The molecule has 0 unspecified atom stereocenters. The molecule has 0 saturated carbocycles. The van der Waals surface area contributed by atoms with E-state index in [1.807, 2.05) is 45.0 Å². The largest absolute Gasteiger partial charge is 0.494 e. The molecule has 27 heavy (non-hydrogen) atoms. The van der Waals surface area contributed by atoms with Gasteiger partial charge in [-0.05, 0) is 44.0 Å². The average Bonchev–Trinajstić information content (AvgIpc) is 2.65. The number of benzene rings is 1. The van der Waals surface area contributed by atoms with Crippen molar-refractivity contribution in [3.8, 4) is 11.6 Å². The summed E-state index contributed by atoms with van der Waals surface area (Å²) in [6.45, 7) is 6.96. The van der Waals surface area contributed by atoms with Gasteiger partial charge in [-0.15, -0.1) is 0 Å². The van der Waals surface area contributed by atoms with Crippen LogP contribution in [-0.4, -0.2) is 29.7 Å². The second-order valence-corrected chi connectivity index (χ2v) is 5.82. The van der Waals surface area contributed by atoms with Gasteiger partial charge in [0, 0.05) is 18.4 Å². The summed E-state index contributed by atoms with van der Waals surface area (Å²) in [7, 11) is 0. The van der Waals surface area contributed by atoms with Gasteiger partial charge in [0.25, 0.3) is 0 Å². The van der Waals surface area contributed by atoms with Gasteiger partial charge in [0.05, 0.1) is 13.2 Å². The van der Waals surface area contributed by atoms with Crippen LogP contribution in [0.2, 0.25) is 0 Å². The molecule has 8 heteroatoms. The molecule has 0 amide bonds. The van der Waals surface area contributed by atoms with E-state index in [0.717, 1.165) is 24.1 Å². The van der Waals surface area contributed by atoms with Crippen LogP contribution in [-0.2, 0) is 6.18 Å². The number of anilines is 2. The third-order valence-electron chi connectivity index (χ3n) is 3.67. The summed E-state index contributed by atoms with van der Waals surface area (Å²) in [5.74, 6) is 0.437. The predicted octanol–water partition coefficient (Wildman–Crippen LogP) is 5.23. The monoisotopic (exact) mass is 383 g/mol. The molecule has 1 aromatic heterocycles. The fourth-order valence-electron chi connectivity index (χ4n) is 2.37. The van der Waals surface area contributed by atoms with E-state index in [2.05, 4.69) is 9.97 Å². The van der Waals surface area contributed by atoms with Gasteiger partial charge in [0.2, 0.25) is 11.8 Å². The Kier molecular flexibility index (Phi) is 7.27. The number of hydrogen-bond donors (Lipinski definition) is 0. The van der Waals surface area contributed by atoms with Crippen molar-refractivity contribution in [2.45, 2.75) is 39.8 Å². The molecule has 0 atom stereocenters. The van der Waals surface area contributed by atoms with E-state index < -0.39 is 17.6 Å². The minimum absolute atomic E-state index is 0.148. The fourth-order valence-corrected chi connectivity index (χ4v) is 2.37. The standard InChI is InChI=1S/C19H24F3N3O2/c1-4-11-26-15-9-7-14(8-10-15)25(6-3)18-23-13-16(19(20,21)22)17(24-18)27-12-5-2/h7-10,13H,4-6,11-12H2,1-3H3. The Bertz CT molecular complexity index is 721. The molecule has 0 aliphatic carbocycles. The summed E-state index contributed by atoms with van der Waals surface area (Å²) in [6.07, 6.45) is -2.32. The van der Waals surface area contributed by atoms with E-state index in [9.17, 15) is 13.2 Å². The number of alkyl halides is 3. The lowest BCUT2D eigenvalue weighted by atomic mass is 10.2. The maximum atomic E-state index is 13.2. The van der Waals surface area contributed by atoms with Crippen LogP contribution in [0.1, 0.15) is 39.2 Å². The second-order valence-electron chi connectivity index (χ2n) is 5.82. The highest BCUT2D eigenvalue weighted by atomic mass is 19.4. The molecule has 0 radical (unpaired) electrons. The van der Waals surface area contributed by atoms with Crippen LogP contribution in [0.15, 0.2) is 30.5 Å². The molecule has 148 valence electrons. The van der Waals surface area contributed by atoms with E-state index in [4.69, 9.17) is 9.47 Å². The third-order valence-corrected chi connectivity index (χ3v) is 3.67. The topological polar surface area (TPSA) is 47.5 Å². The van der Waals surface area contributed by atoms with Crippen LogP contribution in [0, 0.1) is 0 Å². The highest BCUT2D eigenvalue weighted by molar-refractivity contribution is 5.58. The second kappa shape index (κ2) is 9.43. The Hall–Kier alpha value is -2.51. The van der Waals surface area contributed by atoms with Crippen molar-refractivity contribution in [3.05, 3.63) is 36.0 Å². The van der Waals surface area contributed by atoms with Gasteiger partial charge in [-0.2, -0.15) is 18.2 Å². The van der Waals surface area contributed by atoms with Crippen LogP contribution in [0.5, 0.6) is 11.6 Å². The molecule has 5 nitrogen and oxygen atoms in total. The van der Waals surface area contributed by atoms with Gasteiger partial charge >= 0.3 is 6.18 Å². The van der Waals surface area contributed by atoms with Crippen molar-refractivity contribution in [2.24, 2.45) is 0 Å². The number of rotatable bonds is 9. The number of halogens is 3.